The fraction of sp³-hybridized carbons (Fsp3) is 0.600. The van der Waals surface area contributed by atoms with E-state index < -0.39 is 30.8 Å². The van der Waals surface area contributed by atoms with E-state index in [2.05, 4.69) is 4.74 Å². The molecule has 0 bridgehead atoms. The fourth-order valence-corrected chi connectivity index (χ4v) is 0.290. The van der Waals surface area contributed by atoms with Crippen LogP contribution in [-0.2, 0) is 4.74 Å². The summed E-state index contributed by atoms with van der Waals surface area (Å²) < 4.78 is 94.6. The van der Waals surface area contributed by atoms with Crippen LogP contribution < -0.4 is 0 Å². The Morgan fingerprint density at radius 2 is 1.36 bits per heavy atom. The van der Waals surface area contributed by atoms with E-state index in [4.69, 9.17) is 0 Å². The van der Waals surface area contributed by atoms with Crippen molar-refractivity contribution in [1.29, 1.82) is 0 Å². The van der Waals surface area contributed by atoms with E-state index >= 15 is 0 Å². The summed E-state index contributed by atoms with van der Waals surface area (Å²) in [6.07, 6.45) is -9.08. The maximum absolute atomic E-state index is 11.9. The smallest absolute Gasteiger partial charge is 0.456 e. The number of ether oxygens (including phenoxy) is 1. The maximum Gasteiger partial charge on any atom is 0.456 e. The van der Waals surface area contributed by atoms with Gasteiger partial charge in [-0.05, 0) is 0 Å². The highest BCUT2D eigenvalue weighted by Crippen LogP contribution is 2.36. The van der Waals surface area contributed by atoms with Crippen LogP contribution in [0.15, 0.2) is 12.1 Å². The van der Waals surface area contributed by atoms with Gasteiger partial charge in [0, 0.05) is 0 Å². The van der Waals surface area contributed by atoms with Crippen LogP contribution in [-0.4, -0.2) is 18.7 Å². The number of halogens is 8. The summed E-state index contributed by atoms with van der Waals surface area (Å²) in [6.45, 7) is -2.53. The Morgan fingerprint density at radius 1 is 0.929 bits per heavy atom. The van der Waals surface area contributed by atoms with Crippen molar-refractivity contribution >= 4 is 0 Å². The van der Waals surface area contributed by atoms with Crippen LogP contribution in [0.3, 0.4) is 0 Å². The van der Waals surface area contributed by atoms with Crippen molar-refractivity contribution in [1.82, 2.24) is 0 Å². The van der Waals surface area contributed by atoms with Gasteiger partial charge in [0.05, 0.1) is 0 Å². The second kappa shape index (κ2) is 4.01. The highest BCUT2D eigenvalue weighted by atomic mass is 19.4. The van der Waals surface area contributed by atoms with Gasteiger partial charge in [0.15, 0.2) is 6.61 Å². The minimum absolute atomic E-state index is 2.53. The molecule has 0 radical (unpaired) electrons. The molecule has 0 saturated carbocycles. The molecule has 0 unspecified atom stereocenters. The summed E-state index contributed by atoms with van der Waals surface area (Å²) in [4.78, 5) is 0. The number of hydrogen-bond donors (Lipinski definition) is 0. The summed E-state index contributed by atoms with van der Waals surface area (Å²) in [7, 11) is 0. The van der Waals surface area contributed by atoms with Gasteiger partial charge in [-0.1, -0.05) is 0 Å². The molecule has 0 aliphatic heterocycles. The van der Waals surface area contributed by atoms with Crippen LogP contribution in [0.5, 0.6) is 0 Å². The van der Waals surface area contributed by atoms with Crippen LogP contribution in [0.1, 0.15) is 0 Å². The van der Waals surface area contributed by atoms with E-state index in [1.807, 2.05) is 0 Å². The molecule has 0 heterocycles. The second-order valence-corrected chi connectivity index (χ2v) is 2.02. The van der Waals surface area contributed by atoms with Gasteiger partial charge in [-0.15, -0.1) is 0 Å². The van der Waals surface area contributed by atoms with Gasteiger partial charge in [-0.25, -0.2) is 0 Å². The largest absolute Gasteiger partial charge is 0.460 e. The minimum Gasteiger partial charge on any atom is -0.460 e. The molecule has 0 aromatic heterocycles. The average molecular weight is 230 g/mol. The molecule has 14 heavy (non-hydrogen) atoms. The molecular weight excluding hydrogens is 228 g/mol. The Morgan fingerprint density at radius 3 is 1.64 bits per heavy atom. The molecule has 0 atom stereocenters. The van der Waals surface area contributed by atoms with Crippen LogP contribution >= 0.6 is 0 Å². The number of rotatable bonds is 3. The zero-order chi connectivity index (χ0) is 11.6. The third-order valence-electron chi connectivity index (χ3n) is 0.943. The van der Waals surface area contributed by atoms with E-state index in [-0.39, 0.29) is 0 Å². The Bertz CT molecular complexity index is 224. The van der Waals surface area contributed by atoms with Gasteiger partial charge in [-0.2, -0.15) is 35.1 Å². The van der Waals surface area contributed by atoms with Gasteiger partial charge in [-0.3, -0.25) is 0 Å². The molecule has 0 rings (SSSR count). The van der Waals surface area contributed by atoms with Crippen LogP contribution in [0.2, 0.25) is 0 Å². The molecule has 0 aromatic rings. The highest BCUT2D eigenvalue weighted by molar-refractivity contribution is 4.83. The lowest BCUT2D eigenvalue weighted by atomic mass is 10.3. The van der Waals surface area contributed by atoms with E-state index in [9.17, 15) is 35.1 Å². The summed E-state index contributed by atoms with van der Waals surface area (Å²) in [5.41, 5.74) is 0. The summed E-state index contributed by atoms with van der Waals surface area (Å²) in [5, 5.41) is 0. The molecule has 0 amide bonds. The van der Waals surface area contributed by atoms with Crippen molar-refractivity contribution in [3.8, 4) is 0 Å². The second-order valence-electron chi connectivity index (χ2n) is 2.02. The quantitative estimate of drug-likeness (QED) is 0.534. The van der Waals surface area contributed by atoms with E-state index in [0.29, 0.717) is 0 Å². The minimum atomic E-state index is -5.97. The third-order valence-corrected chi connectivity index (χ3v) is 0.943. The zero-order valence-electron chi connectivity index (χ0n) is 6.14. The van der Waals surface area contributed by atoms with Gasteiger partial charge in [0.2, 0.25) is 0 Å². The first kappa shape index (κ1) is 13.0. The topological polar surface area (TPSA) is 9.23 Å². The standard InChI is InChI=1S/C5H2F8O/c6-2(7)3(8)14-1-4(9,10)5(11,12)13/h1H2. The monoisotopic (exact) mass is 230 g/mol. The summed E-state index contributed by atoms with van der Waals surface area (Å²) >= 11 is 0. The SMILES string of the molecule is FC(F)=C(F)OCC(F)(F)C(F)(F)F. The molecule has 0 fully saturated rings. The molecule has 9 heteroatoms. The first-order valence-corrected chi connectivity index (χ1v) is 2.86. The molecule has 0 aliphatic carbocycles. The Kier molecular flexibility index (Phi) is 3.72. The first-order valence-electron chi connectivity index (χ1n) is 2.86. The molecule has 0 aliphatic rings. The number of alkyl halides is 5. The predicted octanol–water partition coefficient (Wildman–Crippen LogP) is 3.24. The van der Waals surface area contributed by atoms with Crippen LogP contribution in [0, 0.1) is 0 Å². The first-order chi connectivity index (χ1) is 6.08. The highest BCUT2D eigenvalue weighted by Gasteiger charge is 2.58. The molecule has 84 valence electrons. The lowest BCUT2D eigenvalue weighted by molar-refractivity contribution is -0.295. The van der Waals surface area contributed by atoms with Gasteiger partial charge in [0.25, 0.3) is 0 Å². The van der Waals surface area contributed by atoms with Gasteiger partial charge >= 0.3 is 24.2 Å². The van der Waals surface area contributed by atoms with Crippen molar-refractivity contribution in [3.05, 3.63) is 12.1 Å². The van der Waals surface area contributed by atoms with E-state index in [1.165, 1.54) is 0 Å². The van der Waals surface area contributed by atoms with E-state index in [1.54, 1.807) is 0 Å². The van der Waals surface area contributed by atoms with E-state index in [0.717, 1.165) is 0 Å². The summed E-state index contributed by atoms with van der Waals surface area (Å²) in [5.74, 6) is -5.38. The maximum atomic E-state index is 11.9. The molecule has 0 saturated heterocycles. The van der Waals surface area contributed by atoms with Gasteiger partial charge in [0.1, 0.15) is 0 Å². The Hall–Kier alpha value is -1.02. The predicted molar refractivity (Wildman–Crippen MR) is 27.3 cm³/mol. The molecule has 0 N–H and O–H groups in total. The fourth-order valence-electron chi connectivity index (χ4n) is 0.290. The molecule has 0 spiro atoms. The van der Waals surface area contributed by atoms with Crippen molar-refractivity contribution in [2.24, 2.45) is 0 Å². The van der Waals surface area contributed by atoms with Crippen molar-refractivity contribution < 1.29 is 39.9 Å². The average Bonchev–Trinajstić information content (AvgIpc) is 1.97. The van der Waals surface area contributed by atoms with Crippen LogP contribution in [0.4, 0.5) is 35.1 Å². The number of hydrogen-bond acceptors (Lipinski definition) is 1. The lowest BCUT2D eigenvalue weighted by Gasteiger charge is -2.18. The van der Waals surface area contributed by atoms with Crippen molar-refractivity contribution in [2.75, 3.05) is 6.61 Å². The van der Waals surface area contributed by atoms with Gasteiger partial charge < -0.3 is 4.74 Å². The Labute approximate surface area is 71.9 Å². The zero-order valence-corrected chi connectivity index (χ0v) is 6.14. The Balaban J connectivity index is 4.35. The summed E-state index contributed by atoms with van der Waals surface area (Å²) in [6, 6.07) is -2.76. The normalized spacial score (nSPS) is 12.6. The van der Waals surface area contributed by atoms with Crippen molar-refractivity contribution in [2.45, 2.75) is 12.1 Å². The molecular formula is C5H2F8O. The molecule has 0 aromatic carbocycles. The molecule has 1 nitrogen and oxygen atoms in total. The lowest BCUT2D eigenvalue weighted by Crippen LogP contribution is -2.40. The van der Waals surface area contributed by atoms with Crippen molar-refractivity contribution in [3.63, 3.8) is 0 Å². The third kappa shape index (κ3) is 3.38. The van der Waals surface area contributed by atoms with Crippen LogP contribution in [0.25, 0.3) is 0 Å².